The zero-order chi connectivity index (χ0) is 14.3. The maximum absolute atomic E-state index is 12.0. The van der Waals surface area contributed by atoms with Crippen molar-refractivity contribution in [3.8, 4) is 0 Å². The topological polar surface area (TPSA) is 51.2 Å². The monoisotopic (exact) mass is 302 g/mol. The molecule has 106 valence electrons. The Balaban J connectivity index is 2.74. The Kier molecular flexibility index (Phi) is 6.62. The van der Waals surface area contributed by atoms with E-state index in [2.05, 4.69) is 10.3 Å². The molecule has 1 N–H and O–H groups in total. The molecule has 19 heavy (non-hydrogen) atoms. The molecule has 1 rings (SSSR count). The fourth-order valence-corrected chi connectivity index (χ4v) is 2.82. The molecule has 0 amide bonds. The molecule has 0 aliphatic heterocycles. The van der Waals surface area contributed by atoms with Crippen molar-refractivity contribution < 1.29 is 9.53 Å². The molecule has 1 atom stereocenters. The Hall–Kier alpha value is -0.780. The number of ether oxygens (including phenoxy) is 1. The predicted molar refractivity (Wildman–Crippen MR) is 78.7 cm³/mol. The van der Waals surface area contributed by atoms with Crippen LogP contribution in [0.1, 0.15) is 20.8 Å². The van der Waals surface area contributed by atoms with Crippen molar-refractivity contribution in [2.45, 2.75) is 31.3 Å². The maximum atomic E-state index is 12.0. The summed E-state index contributed by atoms with van der Waals surface area (Å²) < 4.78 is 5.11. The molecule has 0 aromatic carbocycles. The molecule has 0 radical (unpaired) electrons. The van der Waals surface area contributed by atoms with E-state index in [1.165, 1.54) is 11.8 Å². The van der Waals surface area contributed by atoms with Gasteiger partial charge in [-0.1, -0.05) is 18.5 Å². The highest BCUT2D eigenvalue weighted by Crippen LogP contribution is 2.27. The van der Waals surface area contributed by atoms with E-state index < -0.39 is 5.54 Å². The number of hydrogen-bond donors (Lipinski definition) is 1. The minimum atomic E-state index is -0.740. The molecule has 0 saturated carbocycles. The molecule has 0 bridgehead atoms. The van der Waals surface area contributed by atoms with Gasteiger partial charge in [0, 0.05) is 11.9 Å². The molecule has 1 unspecified atom stereocenters. The van der Waals surface area contributed by atoms with Crippen molar-refractivity contribution >= 4 is 29.3 Å². The van der Waals surface area contributed by atoms with E-state index >= 15 is 0 Å². The van der Waals surface area contributed by atoms with E-state index in [9.17, 15) is 4.79 Å². The van der Waals surface area contributed by atoms with Crippen LogP contribution in [0.2, 0.25) is 5.02 Å². The van der Waals surface area contributed by atoms with Crippen molar-refractivity contribution in [2.75, 3.05) is 18.9 Å². The van der Waals surface area contributed by atoms with E-state index in [-0.39, 0.29) is 5.97 Å². The third kappa shape index (κ3) is 4.67. The van der Waals surface area contributed by atoms with Gasteiger partial charge in [-0.15, -0.1) is 11.8 Å². The van der Waals surface area contributed by atoms with Crippen LogP contribution < -0.4 is 5.32 Å². The summed E-state index contributed by atoms with van der Waals surface area (Å²) in [6.07, 6.45) is 1.68. The number of pyridine rings is 1. The molecular weight excluding hydrogens is 284 g/mol. The number of aromatic nitrogens is 1. The molecule has 0 saturated heterocycles. The van der Waals surface area contributed by atoms with Gasteiger partial charge < -0.3 is 10.1 Å². The van der Waals surface area contributed by atoms with Gasteiger partial charge in [0.05, 0.1) is 11.6 Å². The number of halogens is 1. The molecular formula is C13H19ClN2O2S. The number of likely N-dealkylation sites (N-methyl/N-ethyl adjacent to an activating group) is 1. The maximum Gasteiger partial charge on any atom is 0.326 e. The molecule has 6 heteroatoms. The van der Waals surface area contributed by atoms with Crippen LogP contribution in [0.25, 0.3) is 0 Å². The summed E-state index contributed by atoms with van der Waals surface area (Å²) in [5.74, 6) is 0.257. The third-order valence-electron chi connectivity index (χ3n) is 2.52. The van der Waals surface area contributed by atoms with Crippen LogP contribution in [0.4, 0.5) is 0 Å². The molecule has 1 aromatic heterocycles. The van der Waals surface area contributed by atoms with Gasteiger partial charge in [-0.2, -0.15) is 0 Å². The number of nitrogens with zero attached hydrogens (tertiary/aromatic N) is 1. The summed E-state index contributed by atoms with van der Waals surface area (Å²) in [6.45, 7) is 6.64. The summed E-state index contributed by atoms with van der Waals surface area (Å²) in [6, 6.07) is 3.56. The second-order valence-electron chi connectivity index (χ2n) is 4.16. The number of thioether (sulfide) groups is 1. The van der Waals surface area contributed by atoms with Crippen LogP contribution in [0.5, 0.6) is 0 Å². The molecule has 1 heterocycles. The largest absolute Gasteiger partial charge is 0.465 e. The second-order valence-corrected chi connectivity index (χ2v) is 5.53. The van der Waals surface area contributed by atoms with Gasteiger partial charge in [-0.3, -0.25) is 4.79 Å². The lowest BCUT2D eigenvalue weighted by Gasteiger charge is -2.27. The van der Waals surface area contributed by atoms with Crippen molar-refractivity contribution in [3.63, 3.8) is 0 Å². The number of rotatable bonds is 7. The first kappa shape index (κ1) is 16.3. The number of nitrogens with one attached hydrogen (secondary N) is 1. The fourth-order valence-electron chi connectivity index (χ4n) is 1.55. The smallest absolute Gasteiger partial charge is 0.326 e. The molecule has 0 aliphatic carbocycles. The van der Waals surface area contributed by atoms with Crippen molar-refractivity contribution in [1.82, 2.24) is 10.3 Å². The first-order valence-electron chi connectivity index (χ1n) is 6.19. The Morgan fingerprint density at radius 2 is 2.32 bits per heavy atom. The van der Waals surface area contributed by atoms with E-state index in [0.29, 0.717) is 23.9 Å². The molecule has 0 spiro atoms. The van der Waals surface area contributed by atoms with E-state index in [1.807, 2.05) is 13.8 Å². The van der Waals surface area contributed by atoms with Gasteiger partial charge in [0.2, 0.25) is 0 Å². The van der Waals surface area contributed by atoms with Crippen LogP contribution in [0.3, 0.4) is 0 Å². The van der Waals surface area contributed by atoms with Crippen molar-refractivity contribution in [1.29, 1.82) is 0 Å². The van der Waals surface area contributed by atoms with Crippen LogP contribution >= 0.6 is 23.4 Å². The van der Waals surface area contributed by atoms with Crippen molar-refractivity contribution in [2.24, 2.45) is 0 Å². The minimum Gasteiger partial charge on any atom is -0.465 e. The van der Waals surface area contributed by atoms with Crippen molar-refractivity contribution in [3.05, 3.63) is 23.4 Å². The molecule has 0 aliphatic rings. The summed E-state index contributed by atoms with van der Waals surface area (Å²) in [7, 11) is 0. The molecule has 4 nitrogen and oxygen atoms in total. The average Bonchev–Trinajstić information content (AvgIpc) is 2.38. The lowest BCUT2D eigenvalue weighted by molar-refractivity contribution is -0.149. The standard InChI is InChI=1S/C13H19ClN2O2S/c1-4-16-13(3,12(17)18-5-2)9-19-11-10(14)7-6-8-15-11/h6-8,16H,4-5,9H2,1-3H3. The molecule has 0 fully saturated rings. The summed E-state index contributed by atoms with van der Waals surface area (Å²) >= 11 is 7.49. The zero-order valence-corrected chi connectivity index (χ0v) is 13.0. The Bertz CT molecular complexity index is 431. The number of esters is 1. The first-order valence-corrected chi connectivity index (χ1v) is 7.55. The highest BCUT2D eigenvalue weighted by Gasteiger charge is 2.34. The van der Waals surface area contributed by atoms with Gasteiger partial charge in [0.1, 0.15) is 10.6 Å². The van der Waals surface area contributed by atoms with E-state index in [0.717, 1.165) is 5.03 Å². The van der Waals surface area contributed by atoms with Crippen LogP contribution in [-0.4, -0.2) is 35.4 Å². The minimum absolute atomic E-state index is 0.253. The predicted octanol–water partition coefficient (Wildman–Crippen LogP) is 2.76. The Morgan fingerprint density at radius 1 is 1.58 bits per heavy atom. The lowest BCUT2D eigenvalue weighted by atomic mass is 10.1. The van der Waals surface area contributed by atoms with Crippen LogP contribution in [0, 0.1) is 0 Å². The quantitative estimate of drug-likeness (QED) is 0.620. The van der Waals surface area contributed by atoms with E-state index in [1.54, 1.807) is 25.3 Å². The zero-order valence-electron chi connectivity index (χ0n) is 11.4. The van der Waals surface area contributed by atoms with Gasteiger partial charge >= 0.3 is 5.97 Å². The summed E-state index contributed by atoms with van der Waals surface area (Å²) in [4.78, 5) is 16.2. The highest BCUT2D eigenvalue weighted by molar-refractivity contribution is 7.99. The van der Waals surface area contributed by atoms with Gasteiger partial charge in [0.15, 0.2) is 0 Å². The SMILES string of the molecule is CCNC(C)(CSc1ncccc1Cl)C(=O)OCC. The Labute approximate surface area is 123 Å². The first-order chi connectivity index (χ1) is 9.03. The van der Waals surface area contributed by atoms with E-state index in [4.69, 9.17) is 16.3 Å². The third-order valence-corrected chi connectivity index (χ3v) is 4.25. The number of carbonyl (C=O) groups excluding carboxylic acids is 1. The fraction of sp³-hybridized carbons (Fsp3) is 0.538. The van der Waals surface area contributed by atoms with Crippen LogP contribution in [0.15, 0.2) is 23.4 Å². The number of hydrogen-bond acceptors (Lipinski definition) is 5. The number of carbonyl (C=O) groups is 1. The van der Waals surface area contributed by atoms with Gasteiger partial charge in [0.25, 0.3) is 0 Å². The van der Waals surface area contributed by atoms with Crippen LogP contribution in [-0.2, 0) is 9.53 Å². The molecule has 1 aromatic rings. The highest BCUT2D eigenvalue weighted by atomic mass is 35.5. The van der Waals surface area contributed by atoms with Gasteiger partial charge in [-0.25, -0.2) is 4.98 Å². The summed E-state index contributed by atoms with van der Waals surface area (Å²) in [5.41, 5.74) is -0.740. The summed E-state index contributed by atoms with van der Waals surface area (Å²) in [5, 5.41) is 4.48. The second kappa shape index (κ2) is 7.72. The average molecular weight is 303 g/mol. The van der Waals surface area contributed by atoms with Gasteiger partial charge in [-0.05, 0) is 32.5 Å². The Morgan fingerprint density at radius 3 is 2.89 bits per heavy atom. The normalized spacial score (nSPS) is 13.9. The lowest BCUT2D eigenvalue weighted by Crippen LogP contribution is -2.52.